The molecule has 0 amide bonds. The summed E-state index contributed by atoms with van der Waals surface area (Å²) in [6.45, 7) is 5.48. The molecule has 1 fully saturated rings. The molecule has 1 nitrogen and oxygen atoms in total. The smallest absolute Gasteiger partial charge is 0.0334 e. The first kappa shape index (κ1) is 13.1. The molecule has 0 bridgehead atoms. The molecule has 1 atom stereocenters. The second-order valence-electron chi connectivity index (χ2n) is 5.21. The zero-order valence-corrected chi connectivity index (χ0v) is 12.4. The van der Waals surface area contributed by atoms with Gasteiger partial charge in [0.1, 0.15) is 0 Å². The topological polar surface area (TPSA) is 12.0 Å². The molecular weight excluding hydrogens is 274 g/mol. The van der Waals surface area contributed by atoms with Crippen LogP contribution in [0, 0.1) is 12.8 Å². The maximum absolute atomic E-state index is 3.71. The summed E-state index contributed by atoms with van der Waals surface area (Å²) in [5.74, 6) is 0.956. The van der Waals surface area contributed by atoms with Gasteiger partial charge in [-0.1, -0.05) is 47.8 Å². The number of benzene rings is 1. The first-order valence-corrected chi connectivity index (χ1v) is 7.49. The molecule has 0 spiro atoms. The number of aryl methyl sites for hydroxylation is 1. The Bertz CT molecular complexity index is 371. The summed E-state index contributed by atoms with van der Waals surface area (Å²) in [7, 11) is 0. The Hall–Kier alpha value is -0.340. The Morgan fingerprint density at radius 1 is 1.41 bits per heavy atom. The molecule has 2 heteroatoms. The number of halogens is 1. The molecule has 2 rings (SSSR count). The van der Waals surface area contributed by atoms with Crippen LogP contribution in [0.1, 0.15) is 49.8 Å². The van der Waals surface area contributed by atoms with E-state index in [4.69, 9.17) is 0 Å². The highest BCUT2D eigenvalue weighted by Crippen LogP contribution is 2.39. The first-order chi connectivity index (χ1) is 8.20. The third-order valence-corrected chi connectivity index (χ3v) is 4.12. The van der Waals surface area contributed by atoms with Crippen molar-refractivity contribution in [2.45, 2.75) is 45.6 Å². The molecule has 94 valence electrons. The predicted molar refractivity (Wildman–Crippen MR) is 77.3 cm³/mol. The van der Waals surface area contributed by atoms with E-state index in [0.717, 1.165) is 12.5 Å². The minimum atomic E-state index is 0.525. The zero-order valence-electron chi connectivity index (χ0n) is 10.8. The lowest BCUT2D eigenvalue weighted by atomic mass is 10.00. The van der Waals surface area contributed by atoms with Gasteiger partial charge >= 0.3 is 0 Å². The predicted octanol–water partition coefficient (Wildman–Crippen LogP) is 4.60. The van der Waals surface area contributed by atoms with Crippen molar-refractivity contribution in [3.8, 4) is 0 Å². The van der Waals surface area contributed by atoms with Gasteiger partial charge in [0.25, 0.3) is 0 Å². The van der Waals surface area contributed by atoms with Gasteiger partial charge in [-0.25, -0.2) is 0 Å². The van der Waals surface area contributed by atoms with Crippen molar-refractivity contribution < 1.29 is 0 Å². The van der Waals surface area contributed by atoms with E-state index in [9.17, 15) is 0 Å². The minimum Gasteiger partial charge on any atom is -0.310 e. The van der Waals surface area contributed by atoms with E-state index >= 15 is 0 Å². The van der Waals surface area contributed by atoms with Crippen molar-refractivity contribution >= 4 is 15.9 Å². The first-order valence-electron chi connectivity index (χ1n) is 6.70. The van der Waals surface area contributed by atoms with E-state index in [1.807, 2.05) is 0 Å². The van der Waals surface area contributed by atoms with Crippen LogP contribution in [0.25, 0.3) is 0 Å². The average Bonchev–Trinajstić information content (AvgIpc) is 3.08. The van der Waals surface area contributed by atoms with Gasteiger partial charge in [0.05, 0.1) is 0 Å². The number of hydrogen-bond acceptors (Lipinski definition) is 1. The van der Waals surface area contributed by atoms with Crippen LogP contribution in [0.2, 0.25) is 0 Å². The third kappa shape index (κ3) is 3.82. The van der Waals surface area contributed by atoms with Crippen LogP contribution in [0.15, 0.2) is 22.7 Å². The van der Waals surface area contributed by atoms with Gasteiger partial charge in [0.15, 0.2) is 0 Å². The fourth-order valence-electron chi connectivity index (χ4n) is 2.24. The van der Waals surface area contributed by atoms with Gasteiger partial charge in [-0.05, 0) is 49.4 Å². The van der Waals surface area contributed by atoms with Crippen molar-refractivity contribution in [3.63, 3.8) is 0 Å². The van der Waals surface area contributed by atoms with Crippen LogP contribution < -0.4 is 5.32 Å². The summed E-state index contributed by atoms with van der Waals surface area (Å²) < 4.78 is 1.26. The number of nitrogens with one attached hydrogen (secondary N) is 1. The fourth-order valence-corrected chi connectivity index (χ4v) is 3.01. The van der Waals surface area contributed by atoms with E-state index in [2.05, 4.69) is 53.3 Å². The van der Waals surface area contributed by atoms with Crippen LogP contribution in [-0.2, 0) is 0 Å². The normalized spacial score (nSPS) is 17.1. The molecule has 1 aliphatic carbocycles. The van der Waals surface area contributed by atoms with Gasteiger partial charge in [-0.15, -0.1) is 0 Å². The molecule has 17 heavy (non-hydrogen) atoms. The lowest BCUT2D eigenvalue weighted by molar-refractivity contribution is 0.472. The Labute approximate surface area is 113 Å². The third-order valence-electron chi connectivity index (χ3n) is 3.44. The van der Waals surface area contributed by atoms with Gasteiger partial charge in [-0.2, -0.15) is 0 Å². The van der Waals surface area contributed by atoms with Gasteiger partial charge in [-0.3, -0.25) is 0 Å². The molecule has 1 aromatic rings. The molecule has 1 N–H and O–H groups in total. The zero-order chi connectivity index (χ0) is 12.3. The highest BCUT2D eigenvalue weighted by atomic mass is 79.9. The molecule has 0 heterocycles. The molecule has 0 saturated heterocycles. The fraction of sp³-hybridized carbons (Fsp3) is 0.600. The van der Waals surface area contributed by atoms with Crippen molar-refractivity contribution in [2.75, 3.05) is 6.54 Å². The lowest BCUT2D eigenvalue weighted by Crippen LogP contribution is -2.23. The molecule has 0 aliphatic heterocycles. The largest absolute Gasteiger partial charge is 0.310 e. The standard InChI is InChI=1S/C15H22BrN/c1-3-8-17-15(10-12-5-6-12)13-7-4-11(2)9-14(13)16/h4,7,9,12,15,17H,3,5-6,8,10H2,1-2H3. The summed E-state index contributed by atoms with van der Waals surface area (Å²) in [6.07, 6.45) is 5.34. The molecule has 0 radical (unpaired) electrons. The molecule has 1 aromatic carbocycles. The van der Waals surface area contributed by atoms with Crippen LogP contribution in [-0.4, -0.2) is 6.54 Å². The Kier molecular flexibility index (Phi) is 4.63. The van der Waals surface area contributed by atoms with Crippen LogP contribution in [0.4, 0.5) is 0 Å². The van der Waals surface area contributed by atoms with E-state index in [1.165, 1.54) is 41.3 Å². The van der Waals surface area contributed by atoms with Crippen molar-refractivity contribution in [3.05, 3.63) is 33.8 Å². The monoisotopic (exact) mass is 295 g/mol. The Morgan fingerprint density at radius 3 is 2.76 bits per heavy atom. The van der Waals surface area contributed by atoms with Gasteiger partial charge < -0.3 is 5.32 Å². The van der Waals surface area contributed by atoms with Crippen molar-refractivity contribution in [1.82, 2.24) is 5.32 Å². The summed E-state index contributed by atoms with van der Waals surface area (Å²) >= 11 is 3.71. The van der Waals surface area contributed by atoms with Crippen LogP contribution in [0.3, 0.4) is 0 Å². The van der Waals surface area contributed by atoms with E-state index < -0.39 is 0 Å². The van der Waals surface area contributed by atoms with E-state index in [0.29, 0.717) is 6.04 Å². The van der Waals surface area contributed by atoms with Crippen molar-refractivity contribution in [2.24, 2.45) is 5.92 Å². The minimum absolute atomic E-state index is 0.525. The molecule has 1 unspecified atom stereocenters. The van der Waals surface area contributed by atoms with Crippen molar-refractivity contribution in [1.29, 1.82) is 0 Å². The lowest BCUT2D eigenvalue weighted by Gasteiger charge is -2.20. The Morgan fingerprint density at radius 2 is 2.18 bits per heavy atom. The average molecular weight is 296 g/mol. The second-order valence-corrected chi connectivity index (χ2v) is 6.07. The van der Waals surface area contributed by atoms with E-state index in [-0.39, 0.29) is 0 Å². The molecule has 1 saturated carbocycles. The van der Waals surface area contributed by atoms with E-state index in [1.54, 1.807) is 0 Å². The molecular formula is C15H22BrN. The summed E-state index contributed by atoms with van der Waals surface area (Å²) in [5, 5.41) is 3.69. The van der Waals surface area contributed by atoms with Gasteiger partial charge in [0.2, 0.25) is 0 Å². The summed E-state index contributed by atoms with van der Waals surface area (Å²) in [5.41, 5.74) is 2.75. The molecule has 1 aliphatic rings. The second kappa shape index (κ2) is 6.01. The van der Waals surface area contributed by atoms with Crippen LogP contribution >= 0.6 is 15.9 Å². The summed E-state index contributed by atoms with van der Waals surface area (Å²) in [6, 6.07) is 7.24. The highest BCUT2D eigenvalue weighted by Gasteiger charge is 2.26. The SMILES string of the molecule is CCCNC(CC1CC1)c1ccc(C)cc1Br. The maximum Gasteiger partial charge on any atom is 0.0334 e. The van der Waals surface area contributed by atoms with Crippen LogP contribution in [0.5, 0.6) is 0 Å². The number of hydrogen-bond donors (Lipinski definition) is 1. The highest BCUT2D eigenvalue weighted by molar-refractivity contribution is 9.10. The van der Waals surface area contributed by atoms with Gasteiger partial charge in [0, 0.05) is 10.5 Å². The number of rotatable bonds is 6. The maximum atomic E-state index is 3.71. The Balaban J connectivity index is 2.11. The molecule has 0 aromatic heterocycles. The summed E-state index contributed by atoms with van der Waals surface area (Å²) in [4.78, 5) is 0. The quantitative estimate of drug-likeness (QED) is 0.809.